The number of amides is 3. The average molecular weight is 379 g/mol. The highest BCUT2D eigenvalue weighted by molar-refractivity contribution is 5.94. The maximum absolute atomic E-state index is 13.8. The lowest BCUT2D eigenvalue weighted by Crippen LogP contribution is -2.46. The molecule has 1 atom stereocenters. The van der Waals surface area contributed by atoms with Crippen molar-refractivity contribution in [2.75, 3.05) is 25.0 Å². The number of nitrogens with zero attached hydrogens (tertiary/aromatic N) is 1. The molecular weight excluding hydrogens is 353 g/mol. The smallest absolute Gasteiger partial charge is 0.335 e. The van der Waals surface area contributed by atoms with Crippen LogP contribution in [0.25, 0.3) is 0 Å². The van der Waals surface area contributed by atoms with E-state index < -0.39 is 17.7 Å². The topological polar surface area (TPSA) is 98.7 Å². The summed E-state index contributed by atoms with van der Waals surface area (Å²) in [5.74, 6) is -1.94. The second kappa shape index (κ2) is 9.34. The van der Waals surface area contributed by atoms with Gasteiger partial charge in [-0.2, -0.15) is 0 Å². The van der Waals surface area contributed by atoms with Crippen LogP contribution in [0.2, 0.25) is 0 Å². The molecular formula is C19H26FN3O4. The molecule has 0 aliphatic carbocycles. The van der Waals surface area contributed by atoms with Crippen LogP contribution < -0.4 is 10.6 Å². The summed E-state index contributed by atoms with van der Waals surface area (Å²) in [6.07, 6.45) is 1.75. The number of anilines is 1. The number of carboxylic acid groups (broad SMARTS) is 1. The first-order valence-corrected chi connectivity index (χ1v) is 9.11. The molecule has 3 N–H and O–H groups in total. The van der Waals surface area contributed by atoms with Crippen LogP contribution in [0.3, 0.4) is 0 Å². The highest BCUT2D eigenvalue weighted by Gasteiger charge is 2.25. The number of urea groups is 1. The third kappa shape index (κ3) is 6.23. The van der Waals surface area contributed by atoms with Crippen molar-refractivity contribution in [3.8, 4) is 0 Å². The molecule has 8 heteroatoms. The Morgan fingerprint density at radius 3 is 2.74 bits per heavy atom. The van der Waals surface area contributed by atoms with Gasteiger partial charge in [-0.15, -0.1) is 0 Å². The number of halogens is 1. The molecule has 1 aromatic rings. The number of hydrogen-bond donors (Lipinski definition) is 3. The summed E-state index contributed by atoms with van der Waals surface area (Å²) < 4.78 is 13.8. The van der Waals surface area contributed by atoms with E-state index >= 15 is 0 Å². The third-order valence-corrected chi connectivity index (χ3v) is 4.43. The van der Waals surface area contributed by atoms with Crippen molar-refractivity contribution in [1.29, 1.82) is 0 Å². The molecule has 1 fully saturated rings. The van der Waals surface area contributed by atoms with Crippen LogP contribution in [0, 0.1) is 17.7 Å². The lowest BCUT2D eigenvalue weighted by molar-refractivity contribution is -0.117. The first kappa shape index (κ1) is 20.7. The second-order valence-electron chi connectivity index (χ2n) is 7.29. The fourth-order valence-electron chi connectivity index (χ4n) is 3.04. The molecule has 2 rings (SSSR count). The standard InChI is InChI=1S/C19H26FN3O4/c1-12(2)10-21-19(27)23-7-3-4-13(11-23)8-17(24)22-16-9-14(18(25)26)5-6-15(16)20/h5-6,9,12-13H,3-4,7-8,10-11H2,1-2H3,(H,21,27)(H,22,24)(H,25,26). The Balaban J connectivity index is 1.91. The van der Waals surface area contributed by atoms with Gasteiger partial charge in [0.25, 0.3) is 0 Å². The van der Waals surface area contributed by atoms with Gasteiger partial charge in [0.05, 0.1) is 11.3 Å². The normalized spacial score (nSPS) is 16.9. The van der Waals surface area contributed by atoms with Crippen LogP contribution in [0.15, 0.2) is 18.2 Å². The van der Waals surface area contributed by atoms with Crippen LogP contribution in [0.5, 0.6) is 0 Å². The van der Waals surface area contributed by atoms with Gasteiger partial charge in [0.2, 0.25) is 5.91 Å². The first-order valence-electron chi connectivity index (χ1n) is 9.11. The molecule has 0 radical (unpaired) electrons. The molecule has 0 spiro atoms. The quantitative estimate of drug-likeness (QED) is 0.708. The van der Waals surface area contributed by atoms with E-state index in [4.69, 9.17) is 5.11 Å². The summed E-state index contributed by atoms with van der Waals surface area (Å²) in [5.41, 5.74) is -0.250. The first-order chi connectivity index (χ1) is 12.8. The number of rotatable bonds is 6. The number of nitrogens with one attached hydrogen (secondary N) is 2. The SMILES string of the molecule is CC(C)CNC(=O)N1CCCC(CC(=O)Nc2cc(C(=O)O)ccc2F)C1. The largest absolute Gasteiger partial charge is 0.478 e. The molecule has 1 saturated heterocycles. The Morgan fingerprint density at radius 1 is 1.33 bits per heavy atom. The molecule has 0 bridgehead atoms. The van der Waals surface area contributed by atoms with E-state index in [1.807, 2.05) is 13.8 Å². The molecule has 1 aliphatic heterocycles. The summed E-state index contributed by atoms with van der Waals surface area (Å²) in [6, 6.07) is 3.12. The van der Waals surface area contributed by atoms with E-state index in [1.165, 1.54) is 0 Å². The molecule has 0 aromatic heterocycles. The number of piperidine rings is 1. The van der Waals surface area contributed by atoms with Crippen molar-refractivity contribution in [2.24, 2.45) is 11.8 Å². The fourth-order valence-corrected chi connectivity index (χ4v) is 3.04. The molecule has 1 heterocycles. The highest BCUT2D eigenvalue weighted by atomic mass is 19.1. The van der Waals surface area contributed by atoms with Gasteiger partial charge in [-0.3, -0.25) is 4.79 Å². The summed E-state index contributed by atoms with van der Waals surface area (Å²) in [4.78, 5) is 37.1. The summed E-state index contributed by atoms with van der Waals surface area (Å²) in [5, 5.41) is 14.3. The lowest BCUT2D eigenvalue weighted by Gasteiger charge is -2.32. The number of likely N-dealkylation sites (tertiary alicyclic amines) is 1. The van der Waals surface area contributed by atoms with E-state index in [-0.39, 0.29) is 29.6 Å². The summed E-state index contributed by atoms with van der Waals surface area (Å²) >= 11 is 0. The number of carbonyl (C=O) groups excluding carboxylic acids is 2. The van der Waals surface area contributed by atoms with E-state index in [0.29, 0.717) is 25.6 Å². The Bertz CT molecular complexity index is 708. The Morgan fingerprint density at radius 2 is 2.07 bits per heavy atom. The van der Waals surface area contributed by atoms with Gasteiger partial charge in [0.15, 0.2) is 0 Å². The number of carboxylic acids is 1. The monoisotopic (exact) mass is 379 g/mol. The van der Waals surface area contributed by atoms with Gasteiger partial charge in [0.1, 0.15) is 5.82 Å². The van der Waals surface area contributed by atoms with Crippen molar-refractivity contribution in [1.82, 2.24) is 10.2 Å². The minimum Gasteiger partial charge on any atom is -0.478 e. The molecule has 1 aliphatic rings. The molecule has 27 heavy (non-hydrogen) atoms. The van der Waals surface area contributed by atoms with Gasteiger partial charge in [0, 0.05) is 26.1 Å². The number of hydrogen-bond acceptors (Lipinski definition) is 3. The molecule has 0 saturated carbocycles. The maximum atomic E-state index is 13.8. The summed E-state index contributed by atoms with van der Waals surface area (Å²) in [7, 11) is 0. The zero-order chi connectivity index (χ0) is 20.0. The van der Waals surface area contributed by atoms with Crippen LogP contribution >= 0.6 is 0 Å². The minimum absolute atomic E-state index is 0.0192. The van der Waals surface area contributed by atoms with Crippen LogP contribution in [0.1, 0.15) is 43.5 Å². The van der Waals surface area contributed by atoms with Gasteiger partial charge in [-0.25, -0.2) is 14.0 Å². The number of benzene rings is 1. The van der Waals surface area contributed by atoms with E-state index in [2.05, 4.69) is 10.6 Å². The fraction of sp³-hybridized carbons (Fsp3) is 0.526. The van der Waals surface area contributed by atoms with Crippen molar-refractivity contribution >= 4 is 23.6 Å². The Kier molecular flexibility index (Phi) is 7.15. The van der Waals surface area contributed by atoms with Crippen molar-refractivity contribution in [3.63, 3.8) is 0 Å². The maximum Gasteiger partial charge on any atom is 0.335 e. The van der Waals surface area contributed by atoms with Crippen LogP contribution in [-0.2, 0) is 4.79 Å². The van der Waals surface area contributed by atoms with Crippen molar-refractivity contribution < 1.29 is 23.9 Å². The van der Waals surface area contributed by atoms with Gasteiger partial charge < -0.3 is 20.6 Å². The predicted octanol–water partition coefficient (Wildman–Crippen LogP) is 2.93. The van der Waals surface area contributed by atoms with Crippen molar-refractivity contribution in [2.45, 2.75) is 33.1 Å². The number of carbonyl (C=O) groups is 3. The Hall–Kier alpha value is -2.64. The zero-order valence-corrected chi connectivity index (χ0v) is 15.6. The number of aromatic carboxylic acids is 1. The summed E-state index contributed by atoms with van der Waals surface area (Å²) in [6.45, 7) is 5.75. The van der Waals surface area contributed by atoms with Crippen LogP contribution in [0.4, 0.5) is 14.9 Å². The highest BCUT2D eigenvalue weighted by Crippen LogP contribution is 2.22. The van der Waals surface area contributed by atoms with Crippen molar-refractivity contribution in [3.05, 3.63) is 29.6 Å². The molecule has 1 unspecified atom stereocenters. The lowest BCUT2D eigenvalue weighted by atomic mass is 9.94. The zero-order valence-electron chi connectivity index (χ0n) is 15.6. The molecule has 148 valence electrons. The molecule has 1 aromatic carbocycles. The van der Waals surface area contributed by atoms with Gasteiger partial charge in [-0.05, 0) is 42.9 Å². The molecule has 7 nitrogen and oxygen atoms in total. The second-order valence-corrected chi connectivity index (χ2v) is 7.29. The van der Waals surface area contributed by atoms with E-state index in [1.54, 1.807) is 4.90 Å². The Labute approximate surface area is 157 Å². The molecule has 3 amide bonds. The minimum atomic E-state index is -1.19. The van der Waals surface area contributed by atoms with Gasteiger partial charge in [-0.1, -0.05) is 13.8 Å². The third-order valence-electron chi connectivity index (χ3n) is 4.43. The van der Waals surface area contributed by atoms with E-state index in [0.717, 1.165) is 31.0 Å². The average Bonchev–Trinajstić information content (AvgIpc) is 2.61. The van der Waals surface area contributed by atoms with Gasteiger partial charge >= 0.3 is 12.0 Å². The van der Waals surface area contributed by atoms with E-state index in [9.17, 15) is 18.8 Å². The van der Waals surface area contributed by atoms with Crippen LogP contribution in [-0.4, -0.2) is 47.5 Å². The predicted molar refractivity (Wildman–Crippen MR) is 99.1 cm³/mol.